The Bertz CT molecular complexity index is 1130. The van der Waals surface area contributed by atoms with Crippen molar-refractivity contribution in [2.75, 3.05) is 25.4 Å². The number of halogens is 1. The van der Waals surface area contributed by atoms with E-state index in [2.05, 4.69) is 24.5 Å². The highest BCUT2D eigenvalue weighted by molar-refractivity contribution is 7.89. The van der Waals surface area contributed by atoms with E-state index >= 15 is 0 Å². The Balaban J connectivity index is 1.24. The molecule has 4 N–H and O–H groups in total. The van der Waals surface area contributed by atoms with E-state index in [1.165, 1.54) is 0 Å². The van der Waals surface area contributed by atoms with Crippen LogP contribution in [-0.2, 0) is 19.6 Å². The van der Waals surface area contributed by atoms with Gasteiger partial charge >= 0.3 is 0 Å². The topological polar surface area (TPSA) is 114 Å². The smallest absolute Gasteiger partial charge is 0.237 e. The number of hydrogen-bond acceptors (Lipinski definition) is 6. The van der Waals surface area contributed by atoms with E-state index in [4.69, 9.17) is 22.1 Å². The molecule has 0 spiro atoms. The van der Waals surface area contributed by atoms with Gasteiger partial charge in [-0.1, -0.05) is 30.2 Å². The first-order chi connectivity index (χ1) is 19.0. The maximum absolute atomic E-state index is 13.7. The number of carbonyl (C=O) groups is 1. The van der Waals surface area contributed by atoms with Crippen LogP contribution in [0.2, 0.25) is 5.02 Å². The number of fused-ring (bicyclic) bond motifs is 2. The first kappa shape index (κ1) is 30.2. The fourth-order valence-electron chi connectivity index (χ4n) is 7.71. The molecule has 0 aromatic heterocycles. The molecule has 0 radical (unpaired) electrons. The van der Waals surface area contributed by atoms with Gasteiger partial charge in [0.15, 0.2) is 0 Å². The second kappa shape index (κ2) is 12.6. The highest BCUT2D eigenvalue weighted by atomic mass is 35.5. The van der Waals surface area contributed by atoms with Crippen LogP contribution in [-0.4, -0.2) is 73.8 Å². The second-order valence-electron chi connectivity index (χ2n) is 13.1. The number of nitrogens with two attached hydrogens (primary N) is 1. The Labute approximate surface area is 245 Å². The maximum atomic E-state index is 13.7. The van der Waals surface area contributed by atoms with Crippen molar-refractivity contribution in [3.63, 3.8) is 0 Å². The first-order valence-corrected chi connectivity index (χ1v) is 17.2. The number of amides is 1. The van der Waals surface area contributed by atoms with Crippen molar-refractivity contribution in [3.05, 3.63) is 34.9 Å². The van der Waals surface area contributed by atoms with Gasteiger partial charge in [0.2, 0.25) is 15.9 Å². The summed E-state index contributed by atoms with van der Waals surface area (Å²) in [6.07, 6.45) is 8.10. The van der Waals surface area contributed by atoms with Crippen LogP contribution < -0.4 is 16.4 Å². The fourth-order valence-corrected chi connectivity index (χ4v) is 9.64. The number of ether oxygens (including phenoxy) is 1. The molecule has 10 heteroatoms. The van der Waals surface area contributed by atoms with E-state index in [1.54, 1.807) is 4.31 Å². The molecule has 5 rings (SSSR count). The van der Waals surface area contributed by atoms with E-state index in [9.17, 15) is 13.2 Å². The summed E-state index contributed by atoms with van der Waals surface area (Å²) in [6, 6.07) is 7.40. The van der Waals surface area contributed by atoms with Crippen molar-refractivity contribution in [3.8, 4) is 0 Å². The molecule has 3 aliphatic heterocycles. The average Bonchev–Trinajstić information content (AvgIpc) is 3.30. The summed E-state index contributed by atoms with van der Waals surface area (Å²) in [6.45, 7) is 6.16. The lowest BCUT2D eigenvalue weighted by molar-refractivity contribution is -0.125. The molecule has 224 valence electrons. The molecule has 1 amide bonds. The number of carbonyl (C=O) groups excluding carboxylic acids is 1. The first-order valence-electron chi connectivity index (χ1n) is 15.2. The maximum Gasteiger partial charge on any atom is 0.237 e. The van der Waals surface area contributed by atoms with Gasteiger partial charge < -0.3 is 21.1 Å². The molecule has 4 fully saturated rings. The molecule has 40 heavy (non-hydrogen) atoms. The van der Waals surface area contributed by atoms with Crippen LogP contribution in [0.3, 0.4) is 0 Å². The molecule has 8 atom stereocenters. The average molecular weight is 595 g/mol. The zero-order valence-electron chi connectivity index (χ0n) is 24.0. The third-order valence-electron chi connectivity index (χ3n) is 9.81. The van der Waals surface area contributed by atoms with Gasteiger partial charge in [-0.2, -0.15) is 4.31 Å². The van der Waals surface area contributed by atoms with Crippen molar-refractivity contribution >= 4 is 27.5 Å². The van der Waals surface area contributed by atoms with Gasteiger partial charge in [-0.3, -0.25) is 4.79 Å². The van der Waals surface area contributed by atoms with E-state index in [-0.39, 0.29) is 47.2 Å². The van der Waals surface area contributed by atoms with Gasteiger partial charge in [0.25, 0.3) is 0 Å². The van der Waals surface area contributed by atoms with Crippen LogP contribution in [0.25, 0.3) is 0 Å². The molecule has 1 aromatic carbocycles. The number of benzene rings is 1. The standard InChI is InChI=1S/C30H47ClN4O4S/c1-30(2)17-22(14-15-39-30)27(21-8-11-23(31)12-9-21)28(32)29(36)34-26-7-3-5-20(26)10-13-25-18-33-24-6-4-16-40(37,38)35(25)19-24/h8-9,11-12,20,22,24-28,33H,3-7,10,13-19,32H2,1-2H3,(H,34,36)/t20-,22?,24?,25+,26+,27?,28+/m1/s1. The zero-order valence-corrected chi connectivity index (χ0v) is 25.6. The van der Waals surface area contributed by atoms with Crippen LogP contribution in [0.4, 0.5) is 0 Å². The Morgan fingerprint density at radius 2 is 1.95 bits per heavy atom. The highest BCUT2D eigenvalue weighted by Gasteiger charge is 2.41. The molecule has 4 unspecified atom stereocenters. The minimum Gasteiger partial charge on any atom is -0.376 e. The Morgan fingerprint density at radius 3 is 2.70 bits per heavy atom. The second-order valence-corrected chi connectivity index (χ2v) is 15.6. The van der Waals surface area contributed by atoms with Crippen molar-refractivity contribution in [1.82, 2.24) is 14.9 Å². The van der Waals surface area contributed by atoms with Gasteiger partial charge in [0, 0.05) is 48.8 Å². The van der Waals surface area contributed by atoms with Crippen molar-refractivity contribution in [2.45, 2.75) is 107 Å². The van der Waals surface area contributed by atoms with Gasteiger partial charge in [0.05, 0.1) is 17.4 Å². The van der Waals surface area contributed by atoms with Crippen LogP contribution in [0.15, 0.2) is 24.3 Å². The third kappa shape index (κ3) is 7.04. The minimum absolute atomic E-state index is 0.00952. The molecular formula is C30H47ClN4O4S. The van der Waals surface area contributed by atoms with Crippen LogP contribution >= 0.6 is 11.6 Å². The molecule has 8 nitrogen and oxygen atoms in total. The quantitative estimate of drug-likeness (QED) is 0.422. The number of rotatable bonds is 8. The summed E-state index contributed by atoms with van der Waals surface area (Å²) in [5.74, 6) is 0.580. The van der Waals surface area contributed by atoms with Crippen LogP contribution in [0.5, 0.6) is 0 Å². The SMILES string of the molecule is CC1(C)CC(C(c2ccc(Cl)cc2)[C@H](N)C(=O)N[C@H]2CCC[C@@H]2CC[C@H]2CNC3CCCS(=O)(=O)N2C3)CCO1. The summed E-state index contributed by atoms with van der Waals surface area (Å²) in [4.78, 5) is 13.7. The monoisotopic (exact) mass is 594 g/mol. The summed E-state index contributed by atoms with van der Waals surface area (Å²) in [7, 11) is -3.20. The van der Waals surface area contributed by atoms with E-state index in [0.29, 0.717) is 30.6 Å². The van der Waals surface area contributed by atoms with E-state index in [0.717, 1.165) is 63.4 Å². The summed E-state index contributed by atoms with van der Waals surface area (Å²) in [5.41, 5.74) is 7.58. The lowest BCUT2D eigenvalue weighted by atomic mass is 9.73. The number of nitrogens with zero attached hydrogens (tertiary/aromatic N) is 1. The molecule has 1 aliphatic carbocycles. The van der Waals surface area contributed by atoms with Gasteiger partial charge in [0.1, 0.15) is 0 Å². The third-order valence-corrected chi connectivity index (χ3v) is 12.0. The molecular weight excluding hydrogens is 548 g/mol. The Hall–Kier alpha value is -1.23. The van der Waals surface area contributed by atoms with E-state index < -0.39 is 16.1 Å². The lowest BCUT2D eigenvalue weighted by Gasteiger charge is -2.41. The Kier molecular flexibility index (Phi) is 9.49. The summed E-state index contributed by atoms with van der Waals surface area (Å²) < 4.78 is 33.5. The van der Waals surface area contributed by atoms with Crippen molar-refractivity contribution < 1.29 is 17.9 Å². The fraction of sp³-hybridized carbons (Fsp3) is 0.767. The zero-order chi connectivity index (χ0) is 28.5. The normalized spacial score (nSPS) is 34.9. The number of piperazine rings is 1. The number of hydrogen-bond donors (Lipinski definition) is 3. The van der Waals surface area contributed by atoms with E-state index in [1.807, 2.05) is 24.3 Å². The summed E-state index contributed by atoms with van der Waals surface area (Å²) in [5, 5.41) is 7.57. The number of nitrogens with one attached hydrogen (secondary N) is 2. The largest absolute Gasteiger partial charge is 0.376 e. The van der Waals surface area contributed by atoms with Crippen LogP contribution in [0.1, 0.15) is 83.1 Å². The highest BCUT2D eigenvalue weighted by Crippen LogP contribution is 2.40. The molecule has 2 bridgehead atoms. The van der Waals surface area contributed by atoms with Gasteiger partial charge in [-0.25, -0.2) is 8.42 Å². The molecule has 4 aliphatic rings. The number of sulfonamides is 1. The predicted molar refractivity (Wildman–Crippen MR) is 159 cm³/mol. The Morgan fingerprint density at radius 1 is 1.18 bits per heavy atom. The summed E-state index contributed by atoms with van der Waals surface area (Å²) >= 11 is 6.19. The van der Waals surface area contributed by atoms with Crippen molar-refractivity contribution in [2.24, 2.45) is 17.6 Å². The molecule has 1 aromatic rings. The molecule has 3 heterocycles. The van der Waals surface area contributed by atoms with Crippen LogP contribution in [0, 0.1) is 11.8 Å². The molecule has 1 saturated carbocycles. The van der Waals surface area contributed by atoms with Gasteiger partial charge in [-0.15, -0.1) is 0 Å². The minimum atomic E-state index is -3.20. The lowest BCUT2D eigenvalue weighted by Crippen LogP contribution is -2.57. The predicted octanol–water partition coefficient (Wildman–Crippen LogP) is 3.79. The molecule has 3 saturated heterocycles. The van der Waals surface area contributed by atoms with Crippen molar-refractivity contribution in [1.29, 1.82) is 0 Å². The van der Waals surface area contributed by atoms with Gasteiger partial charge in [-0.05, 0) is 94.7 Å².